The molecule has 96 valence electrons. The molecule has 3 aliphatic rings. The molecule has 0 radical (unpaired) electrons. The van der Waals surface area contributed by atoms with Gasteiger partial charge in [-0.15, -0.1) is 0 Å². The van der Waals surface area contributed by atoms with Gasteiger partial charge in [0.15, 0.2) is 0 Å². The number of rotatable bonds is 0. The van der Waals surface area contributed by atoms with Crippen molar-refractivity contribution in [1.82, 2.24) is 0 Å². The summed E-state index contributed by atoms with van der Waals surface area (Å²) in [7, 11) is 5.03. The Bertz CT molecular complexity index is 235. The first-order chi connectivity index (χ1) is 6.62. The number of likely N-dealkylation sites (N-methyl/N-ethyl adjacent to an activating group) is 2. The van der Waals surface area contributed by atoms with Gasteiger partial charge in [0.25, 0.3) is 0 Å². The summed E-state index contributed by atoms with van der Waals surface area (Å²) in [5.74, 6) is 0. The molecular formula is C12H26N2O2. The van der Waals surface area contributed by atoms with Gasteiger partial charge in [-0.05, 0) is 0 Å². The highest BCUT2D eigenvalue weighted by atomic mass is 16.0. The lowest BCUT2D eigenvalue weighted by Crippen LogP contribution is -2.69. The molecule has 0 amide bonds. The Labute approximate surface area is 98.6 Å². The third-order valence-corrected chi connectivity index (χ3v) is 5.43. The van der Waals surface area contributed by atoms with Crippen LogP contribution in [0.15, 0.2) is 0 Å². The minimum absolute atomic E-state index is 0. The van der Waals surface area contributed by atoms with E-state index >= 15 is 0 Å². The molecule has 2 N–H and O–H groups in total. The van der Waals surface area contributed by atoms with Crippen LogP contribution >= 0.6 is 0 Å². The van der Waals surface area contributed by atoms with Gasteiger partial charge in [-0.3, -0.25) is 0 Å². The summed E-state index contributed by atoms with van der Waals surface area (Å²) < 4.78 is 2.83. The molecule has 0 aromatic heterocycles. The Morgan fingerprint density at radius 1 is 0.750 bits per heavy atom. The summed E-state index contributed by atoms with van der Waals surface area (Å²) in [6.07, 6.45) is 5.95. The van der Waals surface area contributed by atoms with Crippen LogP contribution in [0.25, 0.3) is 0 Å². The molecule has 3 rings (SSSR count). The second kappa shape index (κ2) is 4.26. The Morgan fingerprint density at radius 3 is 1.50 bits per heavy atom. The van der Waals surface area contributed by atoms with E-state index in [-0.39, 0.29) is 11.0 Å². The second-order valence-corrected chi connectivity index (χ2v) is 6.36. The quantitative estimate of drug-likeness (QED) is 0.580. The van der Waals surface area contributed by atoms with Crippen molar-refractivity contribution in [2.45, 2.75) is 37.8 Å². The van der Waals surface area contributed by atoms with Crippen molar-refractivity contribution in [2.75, 3.05) is 40.3 Å². The van der Waals surface area contributed by atoms with Gasteiger partial charge in [-0.2, -0.15) is 0 Å². The van der Waals surface area contributed by atoms with E-state index in [2.05, 4.69) is 14.1 Å². The Kier molecular flexibility index (Phi) is 3.70. The molecule has 3 aliphatic heterocycles. The summed E-state index contributed by atoms with van der Waals surface area (Å²) in [6.45, 7) is 5.87. The average molecular weight is 230 g/mol. The number of quaternary nitrogens is 2. The Hall–Kier alpha value is -0.160. The fourth-order valence-corrected chi connectivity index (χ4v) is 4.39. The third kappa shape index (κ3) is 1.78. The molecule has 0 aliphatic carbocycles. The number of nitrogens with zero attached hydrogens (tertiary/aromatic N) is 2. The summed E-state index contributed by atoms with van der Waals surface area (Å²) in [5.41, 5.74) is 0. The molecule has 4 heteroatoms. The average Bonchev–Trinajstić information content (AvgIpc) is 2.61. The predicted octanol–water partition coefficient (Wildman–Crippen LogP) is 0.864. The molecule has 4 atom stereocenters. The zero-order chi connectivity index (χ0) is 9.81. The molecule has 0 aromatic carbocycles. The van der Waals surface area contributed by atoms with Crippen molar-refractivity contribution < 1.29 is 19.9 Å². The first-order valence-corrected chi connectivity index (χ1v) is 6.31. The van der Waals surface area contributed by atoms with Crippen molar-refractivity contribution >= 4 is 0 Å². The molecular weight excluding hydrogens is 204 g/mol. The summed E-state index contributed by atoms with van der Waals surface area (Å²) >= 11 is 0. The van der Waals surface area contributed by atoms with Crippen molar-refractivity contribution in [3.8, 4) is 0 Å². The second-order valence-electron chi connectivity index (χ2n) is 6.36. The molecule has 0 spiro atoms. The molecule has 4 unspecified atom stereocenters. The van der Waals surface area contributed by atoms with E-state index in [1.807, 2.05) is 0 Å². The largest absolute Gasteiger partial charge is 0.870 e. The lowest BCUT2D eigenvalue weighted by atomic mass is 10.0. The third-order valence-electron chi connectivity index (χ3n) is 5.43. The molecule has 16 heavy (non-hydrogen) atoms. The lowest BCUT2D eigenvalue weighted by Gasteiger charge is -2.50. The van der Waals surface area contributed by atoms with Gasteiger partial charge >= 0.3 is 0 Å². The van der Waals surface area contributed by atoms with Gasteiger partial charge in [0.1, 0.15) is 25.2 Å². The SMILES string of the molecule is C[N+]12CCCC1C[N+]1(C)CCCC1C2.[OH-].[OH-]. The van der Waals surface area contributed by atoms with E-state index in [4.69, 9.17) is 0 Å². The minimum atomic E-state index is 0. The van der Waals surface area contributed by atoms with Crippen LogP contribution in [0.2, 0.25) is 0 Å². The molecule has 0 bridgehead atoms. The maximum Gasteiger partial charge on any atom is 0.139 e. The molecule has 0 aromatic rings. The normalized spacial score (nSPS) is 49.9. The van der Waals surface area contributed by atoms with Crippen LogP contribution in [-0.4, -0.2) is 72.3 Å². The number of fused-ring (bicyclic) bond motifs is 2. The predicted molar refractivity (Wildman–Crippen MR) is 61.8 cm³/mol. The van der Waals surface area contributed by atoms with Crippen molar-refractivity contribution in [3.63, 3.8) is 0 Å². The number of piperazine rings is 1. The minimum Gasteiger partial charge on any atom is -0.870 e. The molecule has 0 saturated carbocycles. The fourth-order valence-electron chi connectivity index (χ4n) is 4.39. The Balaban J connectivity index is 0.000000640. The first kappa shape index (κ1) is 13.9. The fraction of sp³-hybridized carbons (Fsp3) is 1.00. The Morgan fingerprint density at radius 2 is 1.12 bits per heavy atom. The first-order valence-electron chi connectivity index (χ1n) is 6.31. The van der Waals surface area contributed by atoms with E-state index in [0.717, 1.165) is 12.1 Å². The van der Waals surface area contributed by atoms with Crippen molar-refractivity contribution in [1.29, 1.82) is 0 Å². The van der Waals surface area contributed by atoms with Crippen LogP contribution in [0, 0.1) is 0 Å². The topological polar surface area (TPSA) is 60.0 Å². The van der Waals surface area contributed by atoms with Gasteiger partial charge in [-0.25, -0.2) is 0 Å². The van der Waals surface area contributed by atoms with Crippen LogP contribution in [-0.2, 0) is 0 Å². The summed E-state index contributed by atoms with van der Waals surface area (Å²) in [4.78, 5) is 0. The lowest BCUT2D eigenvalue weighted by molar-refractivity contribution is -1.03. The van der Waals surface area contributed by atoms with Gasteiger partial charge < -0.3 is 19.9 Å². The zero-order valence-corrected chi connectivity index (χ0v) is 10.6. The monoisotopic (exact) mass is 230 g/mol. The molecule has 3 saturated heterocycles. The van der Waals surface area contributed by atoms with Crippen LogP contribution in [0.1, 0.15) is 25.7 Å². The molecule has 3 fully saturated rings. The van der Waals surface area contributed by atoms with Gasteiger partial charge in [0.2, 0.25) is 0 Å². The molecule has 4 nitrogen and oxygen atoms in total. The summed E-state index contributed by atoms with van der Waals surface area (Å²) in [5, 5.41) is 0. The highest BCUT2D eigenvalue weighted by Gasteiger charge is 2.54. The van der Waals surface area contributed by atoms with E-state index in [0.29, 0.717) is 0 Å². The maximum atomic E-state index is 2.51. The van der Waals surface area contributed by atoms with Gasteiger partial charge in [0.05, 0.1) is 27.2 Å². The highest BCUT2D eigenvalue weighted by Crippen LogP contribution is 2.38. The zero-order valence-electron chi connectivity index (χ0n) is 10.6. The summed E-state index contributed by atoms with van der Waals surface area (Å²) in [6, 6.07) is 1.99. The van der Waals surface area contributed by atoms with Gasteiger partial charge in [-0.1, -0.05) is 0 Å². The molecule has 3 heterocycles. The van der Waals surface area contributed by atoms with Crippen molar-refractivity contribution in [3.05, 3.63) is 0 Å². The maximum absolute atomic E-state index is 2.51. The van der Waals surface area contributed by atoms with Crippen molar-refractivity contribution in [2.24, 2.45) is 0 Å². The van der Waals surface area contributed by atoms with E-state index in [9.17, 15) is 0 Å². The van der Waals surface area contributed by atoms with Crippen LogP contribution in [0.4, 0.5) is 0 Å². The van der Waals surface area contributed by atoms with E-state index < -0.39 is 0 Å². The number of hydrogen-bond donors (Lipinski definition) is 0. The van der Waals surface area contributed by atoms with Crippen LogP contribution in [0.5, 0.6) is 0 Å². The van der Waals surface area contributed by atoms with E-state index in [1.54, 1.807) is 0 Å². The standard InChI is InChI=1S/C12H24N2.2H2O/c1-13-7-3-5-11(13)10-14(2)8-4-6-12(14)9-13;;/h11-12H,3-10H2,1-2H3;2*1H2/q+2;;/p-2. The van der Waals surface area contributed by atoms with Crippen LogP contribution in [0.3, 0.4) is 0 Å². The smallest absolute Gasteiger partial charge is 0.139 e. The van der Waals surface area contributed by atoms with Gasteiger partial charge in [0, 0.05) is 25.7 Å². The highest BCUT2D eigenvalue weighted by molar-refractivity contribution is 4.78. The van der Waals surface area contributed by atoms with Crippen LogP contribution < -0.4 is 0 Å². The number of hydrogen-bond acceptors (Lipinski definition) is 2. The van der Waals surface area contributed by atoms with E-state index in [1.165, 1.54) is 60.8 Å².